The summed E-state index contributed by atoms with van der Waals surface area (Å²) in [6.45, 7) is 0. The van der Waals surface area contributed by atoms with Gasteiger partial charge in [0.2, 0.25) is 5.82 Å². The van der Waals surface area contributed by atoms with E-state index in [1.54, 1.807) is 14.2 Å². The van der Waals surface area contributed by atoms with E-state index in [1.807, 2.05) is 24.3 Å². The third kappa shape index (κ3) is 2.89. The van der Waals surface area contributed by atoms with Gasteiger partial charge in [0.25, 0.3) is 0 Å². The summed E-state index contributed by atoms with van der Waals surface area (Å²) >= 11 is 0. The Morgan fingerprint density at radius 2 is 1.94 bits per heavy atom. The number of hydrogen-bond acceptors (Lipinski definition) is 5. The molecule has 2 aromatic rings. The van der Waals surface area contributed by atoms with Crippen LogP contribution in [0.5, 0.6) is 0 Å². The van der Waals surface area contributed by atoms with E-state index in [0.29, 0.717) is 12.2 Å². The molecule has 0 saturated carbocycles. The molecule has 0 aliphatic rings. The fourth-order valence-corrected chi connectivity index (χ4v) is 1.51. The van der Waals surface area contributed by atoms with Crippen molar-refractivity contribution in [3.63, 3.8) is 0 Å². The van der Waals surface area contributed by atoms with Crippen molar-refractivity contribution < 1.29 is 14.0 Å². The Bertz CT molecular complexity index is 435. The minimum absolute atomic E-state index is 0.223. The molecule has 0 aliphatic carbocycles. The zero-order valence-electron chi connectivity index (χ0n) is 9.71. The second kappa shape index (κ2) is 5.56. The van der Waals surface area contributed by atoms with Crippen molar-refractivity contribution in [1.82, 2.24) is 10.1 Å². The number of methoxy groups -OCH3 is 2. The number of aromatic nitrogens is 2. The average molecular weight is 233 g/mol. The van der Waals surface area contributed by atoms with E-state index in [1.165, 1.54) is 0 Å². The predicted molar refractivity (Wildman–Crippen MR) is 60.1 cm³/mol. The highest BCUT2D eigenvalue weighted by atomic mass is 16.7. The van der Waals surface area contributed by atoms with Gasteiger partial charge in [-0.15, -0.1) is 0 Å². The van der Waals surface area contributed by atoms with Gasteiger partial charge in [0.15, 0.2) is 6.29 Å². The lowest BCUT2D eigenvalue weighted by atomic mass is 10.1. The zero-order chi connectivity index (χ0) is 12.1. The molecule has 0 amide bonds. The summed E-state index contributed by atoms with van der Waals surface area (Å²) in [5.74, 6) is 0.534. The van der Waals surface area contributed by atoms with Crippen molar-refractivity contribution in [2.75, 3.05) is 14.2 Å². The number of benzene rings is 1. The van der Waals surface area contributed by atoms with Gasteiger partial charge in [-0.3, -0.25) is 0 Å². The summed E-state index contributed by atoms with van der Waals surface area (Å²) in [5, 5.41) is 3.72. The molecular weight excluding hydrogens is 220 g/mol. The zero-order valence-corrected chi connectivity index (χ0v) is 9.71. The van der Waals surface area contributed by atoms with E-state index in [4.69, 9.17) is 9.47 Å². The summed E-state index contributed by atoms with van der Waals surface area (Å²) in [7, 11) is 3.25. The SMILES string of the molecule is COC(Cc1ccc(-c2n[c]on2)cc1)OC. The molecule has 1 radical (unpaired) electrons. The third-order valence-corrected chi connectivity index (χ3v) is 2.46. The molecule has 0 saturated heterocycles. The predicted octanol–water partition coefficient (Wildman–Crippen LogP) is 1.70. The maximum absolute atomic E-state index is 5.14. The van der Waals surface area contributed by atoms with Gasteiger partial charge < -0.3 is 14.0 Å². The summed E-state index contributed by atoms with van der Waals surface area (Å²) in [5.41, 5.74) is 2.01. The average Bonchev–Trinajstić information content (AvgIpc) is 2.90. The largest absolute Gasteiger partial charge is 0.356 e. The van der Waals surface area contributed by atoms with Crippen molar-refractivity contribution >= 4 is 0 Å². The van der Waals surface area contributed by atoms with Gasteiger partial charge in [0.1, 0.15) is 0 Å². The highest BCUT2D eigenvalue weighted by Crippen LogP contribution is 2.16. The molecule has 0 unspecified atom stereocenters. The molecule has 1 aromatic carbocycles. The monoisotopic (exact) mass is 233 g/mol. The first-order valence-electron chi connectivity index (χ1n) is 5.18. The Morgan fingerprint density at radius 3 is 2.47 bits per heavy atom. The lowest BCUT2D eigenvalue weighted by Gasteiger charge is -2.13. The van der Waals surface area contributed by atoms with Crippen molar-refractivity contribution in [2.24, 2.45) is 0 Å². The number of ether oxygens (including phenoxy) is 2. The number of rotatable bonds is 5. The van der Waals surface area contributed by atoms with Gasteiger partial charge in [-0.2, -0.15) is 4.98 Å². The van der Waals surface area contributed by atoms with Gasteiger partial charge in [0, 0.05) is 26.2 Å². The lowest BCUT2D eigenvalue weighted by molar-refractivity contribution is -0.100. The first-order chi connectivity index (χ1) is 8.33. The third-order valence-electron chi connectivity index (χ3n) is 2.46. The fraction of sp³-hybridized carbons (Fsp3) is 0.333. The van der Waals surface area contributed by atoms with Gasteiger partial charge in [-0.1, -0.05) is 29.4 Å². The van der Waals surface area contributed by atoms with Crippen LogP contribution in [0.15, 0.2) is 28.8 Å². The molecule has 0 fully saturated rings. The standard InChI is InChI=1S/C12H13N2O3/c1-15-11(16-2)7-9-3-5-10(6-4-9)12-13-8-17-14-12/h3-6,11H,7H2,1-2H3. The Balaban J connectivity index is 2.08. The maximum atomic E-state index is 5.14. The second-order valence-electron chi connectivity index (χ2n) is 3.51. The molecule has 0 N–H and O–H groups in total. The van der Waals surface area contributed by atoms with Crippen molar-refractivity contribution in [3.05, 3.63) is 36.2 Å². The molecular formula is C12H13N2O3. The molecule has 5 nitrogen and oxygen atoms in total. The summed E-state index contributed by atoms with van der Waals surface area (Å²) in [4.78, 5) is 3.86. The molecule has 0 bridgehead atoms. The molecule has 5 heteroatoms. The van der Waals surface area contributed by atoms with Gasteiger partial charge >= 0.3 is 6.39 Å². The van der Waals surface area contributed by atoms with E-state index in [9.17, 15) is 0 Å². The molecule has 0 spiro atoms. The second-order valence-corrected chi connectivity index (χ2v) is 3.51. The maximum Gasteiger partial charge on any atom is 0.316 e. The van der Waals surface area contributed by atoms with Gasteiger partial charge in [0.05, 0.1) is 0 Å². The quantitative estimate of drug-likeness (QED) is 0.735. The summed E-state index contributed by atoms with van der Waals surface area (Å²) < 4.78 is 14.9. The number of nitrogens with zero attached hydrogens (tertiary/aromatic N) is 2. The van der Waals surface area contributed by atoms with E-state index in [2.05, 4.69) is 21.1 Å². The minimum atomic E-state index is -0.223. The van der Waals surface area contributed by atoms with E-state index in [0.717, 1.165) is 11.1 Å². The fourth-order valence-electron chi connectivity index (χ4n) is 1.51. The molecule has 0 aliphatic heterocycles. The van der Waals surface area contributed by atoms with Gasteiger partial charge in [-0.05, 0) is 5.56 Å². The number of hydrogen-bond donors (Lipinski definition) is 0. The van der Waals surface area contributed by atoms with Crippen LogP contribution in [0.4, 0.5) is 0 Å². The normalized spacial score (nSPS) is 11.0. The molecule has 17 heavy (non-hydrogen) atoms. The van der Waals surface area contributed by atoms with Crippen LogP contribution < -0.4 is 0 Å². The molecule has 1 aromatic heterocycles. The smallest absolute Gasteiger partial charge is 0.316 e. The Kier molecular flexibility index (Phi) is 3.85. The highest BCUT2D eigenvalue weighted by molar-refractivity contribution is 5.54. The summed E-state index contributed by atoms with van der Waals surface area (Å²) in [6, 6.07) is 7.82. The Hall–Kier alpha value is -1.72. The van der Waals surface area contributed by atoms with E-state index in [-0.39, 0.29) is 6.29 Å². The van der Waals surface area contributed by atoms with Crippen LogP contribution in [0.2, 0.25) is 0 Å². The van der Waals surface area contributed by atoms with E-state index < -0.39 is 0 Å². The van der Waals surface area contributed by atoms with Crippen molar-refractivity contribution in [2.45, 2.75) is 12.7 Å². The Labute approximate surface area is 99.4 Å². The highest BCUT2D eigenvalue weighted by Gasteiger charge is 2.07. The van der Waals surface area contributed by atoms with Crippen LogP contribution in [0, 0.1) is 6.39 Å². The van der Waals surface area contributed by atoms with Crippen LogP contribution >= 0.6 is 0 Å². The first kappa shape index (κ1) is 11.8. The molecule has 89 valence electrons. The van der Waals surface area contributed by atoms with Crippen molar-refractivity contribution in [1.29, 1.82) is 0 Å². The Morgan fingerprint density at radius 1 is 1.24 bits per heavy atom. The van der Waals surface area contributed by atoms with Crippen molar-refractivity contribution in [3.8, 4) is 11.4 Å². The van der Waals surface area contributed by atoms with Crippen LogP contribution in [-0.4, -0.2) is 30.7 Å². The van der Waals surface area contributed by atoms with Gasteiger partial charge in [-0.25, -0.2) is 0 Å². The van der Waals surface area contributed by atoms with E-state index >= 15 is 0 Å². The minimum Gasteiger partial charge on any atom is -0.356 e. The van der Waals surface area contributed by atoms with Crippen LogP contribution in [-0.2, 0) is 15.9 Å². The molecule has 0 atom stereocenters. The molecule has 2 rings (SSSR count). The van der Waals surface area contributed by atoms with Crippen LogP contribution in [0.1, 0.15) is 5.56 Å². The summed E-state index contributed by atoms with van der Waals surface area (Å²) in [6.07, 6.45) is 2.79. The first-order valence-corrected chi connectivity index (χ1v) is 5.18. The lowest BCUT2D eigenvalue weighted by Crippen LogP contribution is -2.15. The van der Waals surface area contributed by atoms with Crippen LogP contribution in [0.25, 0.3) is 11.4 Å². The van der Waals surface area contributed by atoms with Crippen LogP contribution in [0.3, 0.4) is 0 Å². The molecule has 1 heterocycles. The topological polar surface area (TPSA) is 57.4 Å².